The van der Waals surface area contributed by atoms with Gasteiger partial charge in [0.15, 0.2) is 5.82 Å². The van der Waals surface area contributed by atoms with Gasteiger partial charge < -0.3 is 10.8 Å². The topological polar surface area (TPSA) is 97.3 Å². The van der Waals surface area contributed by atoms with Crippen LogP contribution >= 0.6 is 0 Å². The molecule has 22 heavy (non-hydrogen) atoms. The van der Waals surface area contributed by atoms with Gasteiger partial charge in [-0.25, -0.2) is 19.4 Å². The Morgan fingerprint density at radius 3 is 2.91 bits per heavy atom. The summed E-state index contributed by atoms with van der Waals surface area (Å²) in [6, 6.07) is 1.24. The Bertz CT molecular complexity index is 686. The summed E-state index contributed by atoms with van der Waals surface area (Å²) in [6.07, 6.45) is 5.58. The Kier molecular flexibility index (Phi) is 4.97. The number of nitrogens with zero attached hydrogens (tertiary/aromatic N) is 4. The quantitative estimate of drug-likeness (QED) is 0.800. The molecule has 0 radical (unpaired) electrons. The summed E-state index contributed by atoms with van der Waals surface area (Å²) in [4.78, 5) is 16.3. The second-order valence-electron chi connectivity index (χ2n) is 5.60. The number of aromatic nitrogens is 3. The number of rotatable bonds is 6. The molecular weight excluding hydrogens is 285 g/mol. The standard InChI is InChI=1S/C15H20FN5O/c1-3-4-5-15(2,9-22)8-19-13-12-11(20-14(17)21-13)6-10(16)7-18-12/h6-8,22H,3-5,9H2,1-2H3,(H2,17,20,21)/t15-/m0/s1. The molecule has 0 saturated carbocycles. The highest BCUT2D eigenvalue weighted by Crippen LogP contribution is 2.25. The molecule has 0 spiro atoms. The van der Waals surface area contributed by atoms with Gasteiger partial charge in [0.05, 0.1) is 18.3 Å². The molecule has 0 saturated heterocycles. The minimum atomic E-state index is -0.497. The van der Waals surface area contributed by atoms with Gasteiger partial charge in [0, 0.05) is 17.7 Å². The maximum atomic E-state index is 13.2. The molecule has 0 aromatic carbocycles. The van der Waals surface area contributed by atoms with Crippen molar-refractivity contribution in [2.45, 2.75) is 33.1 Å². The highest BCUT2D eigenvalue weighted by atomic mass is 19.1. The molecule has 0 amide bonds. The van der Waals surface area contributed by atoms with E-state index in [-0.39, 0.29) is 18.4 Å². The van der Waals surface area contributed by atoms with E-state index < -0.39 is 11.2 Å². The lowest BCUT2D eigenvalue weighted by atomic mass is 9.87. The van der Waals surface area contributed by atoms with Crippen LogP contribution in [0.2, 0.25) is 0 Å². The Labute approximate surface area is 128 Å². The molecule has 2 heterocycles. The summed E-state index contributed by atoms with van der Waals surface area (Å²) >= 11 is 0. The van der Waals surface area contributed by atoms with E-state index in [4.69, 9.17) is 5.73 Å². The molecule has 2 aromatic heterocycles. The minimum absolute atomic E-state index is 0.00584. The lowest BCUT2D eigenvalue weighted by Crippen LogP contribution is -2.23. The third-order valence-corrected chi connectivity index (χ3v) is 3.46. The molecule has 0 aliphatic heterocycles. The van der Waals surface area contributed by atoms with Crippen LogP contribution in [-0.4, -0.2) is 32.9 Å². The third kappa shape index (κ3) is 3.73. The number of nitrogens with two attached hydrogens (primary N) is 1. The molecule has 0 fully saturated rings. The van der Waals surface area contributed by atoms with E-state index in [1.165, 1.54) is 6.07 Å². The van der Waals surface area contributed by atoms with Gasteiger partial charge in [0.2, 0.25) is 5.95 Å². The number of anilines is 1. The first kappa shape index (κ1) is 16.2. The van der Waals surface area contributed by atoms with Gasteiger partial charge >= 0.3 is 0 Å². The number of hydrogen-bond acceptors (Lipinski definition) is 6. The van der Waals surface area contributed by atoms with Crippen molar-refractivity contribution in [3.05, 3.63) is 18.1 Å². The lowest BCUT2D eigenvalue weighted by molar-refractivity contribution is 0.192. The van der Waals surface area contributed by atoms with Crippen LogP contribution < -0.4 is 5.73 Å². The summed E-state index contributed by atoms with van der Waals surface area (Å²) in [6.45, 7) is 4.00. The van der Waals surface area contributed by atoms with Gasteiger partial charge in [0.1, 0.15) is 11.3 Å². The largest absolute Gasteiger partial charge is 0.395 e. The van der Waals surface area contributed by atoms with E-state index in [1.807, 2.05) is 6.92 Å². The molecule has 0 aliphatic carbocycles. The van der Waals surface area contributed by atoms with E-state index in [1.54, 1.807) is 6.21 Å². The van der Waals surface area contributed by atoms with Crippen molar-refractivity contribution in [2.24, 2.45) is 10.4 Å². The first-order valence-corrected chi connectivity index (χ1v) is 7.22. The molecule has 7 heteroatoms. The monoisotopic (exact) mass is 305 g/mol. The number of aliphatic imine (C=N–C) groups is 1. The lowest BCUT2D eigenvalue weighted by Gasteiger charge is -2.21. The van der Waals surface area contributed by atoms with Gasteiger partial charge in [0.25, 0.3) is 0 Å². The van der Waals surface area contributed by atoms with Gasteiger partial charge in [-0.3, -0.25) is 0 Å². The normalized spacial score (nSPS) is 14.5. The van der Waals surface area contributed by atoms with Crippen LogP contribution in [0.5, 0.6) is 0 Å². The summed E-state index contributed by atoms with van der Waals surface area (Å²) in [7, 11) is 0. The predicted molar refractivity (Wildman–Crippen MR) is 84.6 cm³/mol. The number of halogens is 1. The Balaban J connectivity index is 2.40. The summed E-state index contributed by atoms with van der Waals surface area (Å²) in [5.74, 6) is -0.214. The smallest absolute Gasteiger partial charge is 0.222 e. The van der Waals surface area contributed by atoms with E-state index >= 15 is 0 Å². The van der Waals surface area contributed by atoms with Crippen molar-refractivity contribution < 1.29 is 9.50 Å². The summed E-state index contributed by atoms with van der Waals surface area (Å²) < 4.78 is 13.2. The molecule has 2 rings (SSSR count). The summed E-state index contributed by atoms with van der Waals surface area (Å²) in [5, 5.41) is 9.58. The zero-order valence-electron chi connectivity index (χ0n) is 12.8. The average molecular weight is 305 g/mol. The zero-order chi connectivity index (χ0) is 16.2. The number of pyridine rings is 1. The van der Waals surface area contributed by atoms with Crippen molar-refractivity contribution in [2.75, 3.05) is 12.3 Å². The van der Waals surface area contributed by atoms with E-state index in [2.05, 4.69) is 26.9 Å². The SMILES string of the molecule is CCCC[C@@](C)(C=Nc1nc(N)nc2cc(F)cnc12)CO. The van der Waals surface area contributed by atoms with Crippen LogP contribution in [0.15, 0.2) is 17.3 Å². The maximum absolute atomic E-state index is 13.2. The van der Waals surface area contributed by atoms with Crippen molar-refractivity contribution in [3.63, 3.8) is 0 Å². The minimum Gasteiger partial charge on any atom is -0.395 e. The Morgan fingerprint density at radius 2 is 2.23 bits per heavy atom. The zero-order valence-corrected chi connectivity index (χ0v) is 12.8. The van der Waals surface area contributed by atoms with Gasteiger partial charge in [-0.2, -0.15) is 4.98 Å². The Hall–Kier alpha value is -2.15. The van der Waals surface area contributed by atoms with Crippen molar-refractivity contribution in [1.82, 2.24) is 15.0 Å². The number of aliphatic hydroxyl groups is 1. The molecule has 6 nitrogen and oxygen atoms in total. The molecule has 0 bridgehead atoms. The van der Waals surface area contributed by atoms with E-state index in [0.717, 1.165) is 25.5 Å². The molecule has 3 N–H and O–H groups in total. The number of unbranched alkanes of at least 4 members (excludes halogenated alkanes) is 1. The molecular formula is C15H20FN5O. The van der Waals surface area contributed by atoms with Crippen LogP contribution in [0.4, 0.5) is 16.2 Å². The van der Waals surface area contributed by atoms with Crippen LogP contribution in [0.25, 0.3) is 11.0 Å². The number of fused-ring (bicyclic) bond motifs is 1. The summed E-state index contributed by atoms with van der Waals surface area (Å²) in [5.41, 5.74) is 5.87. The van der Waals surface area contributed by atoms with E-state index in [0.29, 0.717) is 11.0 Å². The van der Waals surface area contributed by atoms with Crippen LogP contribution in [0.3, 0.4) is 0 Å². The fourth-order valence-corrected chi connectivity index (χ4v) is 2.07. The van der Waals surface area contributed by atoms with Crippen molar-refractivity contribution >= 4 is 29.0 Å². The predicted octanol–water partition coefficient (Wildman–Crippen LogP) is 2.64. The first-order valence-electron chi connectivity index (χ1n) is 7.22. The number of aliphatic hydroxyl groups excluding tert-OH is 1. The molecule has 0 aliphatic rings. The fourth-order valence-electron chi connectivity index (χ4n) is 2.07. The highest BCUT2D eigenvalue weighted by molar-refractivity contribution is 5.86. The maximum Gasteiger partial charge on any atom is 0.222 e. The van der Waals surface area contributed by atoms with Crippen LogP contribution in [0, 0.1) is 11.2 Å². The van der Waals surface area contributed by atoms with Crippen LogP contribution in [-0.2, 0) is 0 Å². The van der Waals surface area contributed by atoms with Crippen LogP contribution in [0.1, 0.15) is 33.1 Å². The molecule has 0 unspecified atom stereocenters. The second-order valence-corrected chi connectivity index (χ2v) is 5.60. The van der Waals surface area contributed by atoms with Crippen molar-refractivity contribution in [1.29, 1.82) is 0 Å². The number of nitrogen functional groups attached to an aromatic ring is 1. The second kappa shape index (κ2) is 6.74. The molecule has 2 aromatic rings. The highest BCUT2D eigenvalue weighted by Gasteiger charge is 2.20. The number of hydrogen-bond donors (Lipinski definition) is 2. The molecule has 118 valence electrons. The van der Waals surface area contributed by atoms with Crippen molar-refractivity contribution in [3.8, 4) is 0 Å². The fraction of sp³-hybridized carbons (Fsp3) is 0.467. The Morgan fingerprint density at radius 1 is 1.45 bits per heavy atom. The first-order chi connectivity index (χ1) is 10.5. The molecule has 1 atom stereocenters. The van der Waals surface area contributed by atoms with Gasteiger partial charge in [-0.1, -0.05) is 26.7 Å². The van der Waals surface area contributed by atoms with E-state index in [9.17, 15) is 9.50 Å². The van der Waals surface area contributed by atoms with Gasteiger partial charge in [-0.05, 0) is 6.42 Å². The average Bonchev–Trinajstić information content (AvgIpc) is 2.50. The van der Waals surface area contributed by atoms with Gasteiger partial charge in [-0.15, -0.1) is 0 Å². The third-order valence-electron chi connectivity index (χ3n) is 3.46.